The molecule has 0 saturated heterocycles. The molecule has 6 nitrogen and oxygen atoms in total. The molecule has 1 aromatic heterocycles. The highest BCUT2D eigenvalue weighted by molar-refractivity contribution is 7.16. The summed E-state index contributed by atoms with van der Waals surface area (Å²) in [6.07, 6.45) is -2.11. The van der Waals surface area contributed by atoms with Crippen LogP contribution in [0.2, 0.25) is 5.02 Å². The summed E-state index contributed by atoms with van der Waals surface area (Å²) in [6.45, 7) is 5.07. The Labute approximate surface area is 153 Å². The SMILES string of the molecule is Cc1sc(NC(=O)[C@H](C)OC(N)=O)c(C(=O)c2ccc(Cl)cc2)c1C. The van der Waals surface area contributed by atoms with Gasteiger partial charge in [-0.15, -0.1) is 11.3 Å². The normalized spacial score (nSPS) is 11.7. The fraction of sp³-hybridized carbons (Fsp3) is 0.235. The number of nitrogens with one attached hydrogen (secondary N) is 1. The molecule has 0 aliphatic rings. The summed E-state index contributed by atoms with van der Waals surface area (Å²) in [5.74, 6) is -0.789. The van der Waals surface area contributed by atoms with Gasteiger partial charge >= 0.3 is 6.09 Å². The molecule has 0 saturated carbocycles. The highest BCUT2D eigenvalue weighted by Crippen LogP contribution is 2.34. The van der Waals surface area contributed by atoms with Gasteiger partial charge in [0.15, 0.2) is 11.9 Å². The second kappa shape index (κ2) is 7.67. The second-order valence-electron chi connectivity index (χ2n) is 5.39. The topological polar surface area (TPSA) is 98.5 Å². The van der Waals surface area contributed by atoms with Crippen molar-refractivity contribution in [1.29, 1.82) is 0 Å². The molecule has 0 spiro atoms. The van der Waals surface area contributed by atoms with Gasteiger partial charge < -0.3 is 15.8 Å². The number of rotatable bonds is 5. The van der Waals surface area contributed by atoms with Gasteiger partial charge in [0.1, 0.15) is 5.00 Å². The summed E-state index contributed by atoms with van der Waals surface area (Å²) in [4.78, 5) is 36.7. The Balaban J connectivity index is 2.33. The molecule has 0 unspecified atom stereocenters. The largest absolute Gasteiger partial charge is 0.437 e. The zero-order valence-electron chi connectivity index (χ0n) is 13.9. The van der Waals surface area contributed by atoms with E-state index in [1.54, 1.807) is 24.3 Å². The lowest BCUT2D eigenvalue weighted by molar-refractivity contribution is -0.123. The lowest BCUT2D eigenvalue weighted by Gasteiger charge is -2.12. The first-order chi connectivity index (χ1) is 11.7. The van der Waals surface area contributed by atoms with Crippen molar-refractivity contribution in [3.05, 3.63) is 50.9 Å². The third-order valence-electron chi connectivity index (χ3n) is 3.62. The van der Waals surface area contributed by atoms with Crippen LogP contribution in [0.1, 0.15) is 33.3 Å². The molecule has 0 radical (unpaired) electrons. The molecule has 0 aliphatic carbocycles. The molecule has 132 valence electrons. The zero-order chi connectivity index (χ0) is 18.7. The van der Waals surface area contributed by atoms with Crippen molar-refractivity contribution in [3.8, 4) is 0 Å². The molecule has 0 bridgehead atoms. The average Bonchev–Trinajstić information content (AvgIpc) is 2.81. The van der Waals surface area contributed by atoms with Crippen molar-refractivity contribution in [1.82, 2.24) is 0 Å². The van der Waals surface area contributed by atoms with Crippen LogP contribution in [0.15, 0.2) is 24.3 Å². The Bertz CT molecular complexity index is 830. The third kappa shape index (κ3) is 4.37. The fourth-order valence-corrected chi connectivity index (χ4v) is 3.36. The number of anilines is 1. The number of aryl methyl sites for hydroxylation is 1. The zero-order valence-corrected chi connectivity index (χ0v) is 15.5. The molecule has 25 heavy (non-hydrogen) atoms. The van der Waals surface area contributed by atoms with Gasteiger partial charge in [-0.1, -0.05) is 11.6 Å². The smallest absolute Gasteiger partial charge is 0.405 e. The number of hydrogen-bond donors (Lipinski definition) is 2. The number of primary amides is 1. The van der Waals surface area contributed by atoms with Crippen molar-refractivity contribution in [2.24, 2.45) is 5.73 Å². The van der Waals surface area contributed by atoms with E-state index < -0.39 is 18.1 Å². The summed E-state index contributed by atoms with van der Waals surface area (Å²) in [5, 5.41) is 3.57. The molecule has 1 atom stereocenters. The fourth-order valence-electron chi connectivity index (χ4n) is 2.18. The summed E-state index contributed by atoms with van der Waals surface area (Å²) in [5.41, 5.74) is 6.56. The summed E-state index contributed by atoms with van der Waals surface area (Å²) >= 11 is 7.14. The van der Waals surface area contributed by atoms with Crippen LogP contribution in [0.4, 0.5) is 9.80 Å². The summed E-state index contributed by atoms with van der Waals surface area (Å²) in [6, 6.07) is 6.51. The lowest BCUT2D eigenvalue weighted by atomic mass is 10.0. The maximum Gasteiger partial charge on any atom is 0.405 e. The van der Waals surface area contributed by atoms with E-state index in [0.29, 0.717) is 21.2 Å². The molecule has 2 rings (SSSR count). The van der Waals surface area contributed by atoms with Crippen molar-refractivity contribution in [2.45, 2.75) is 26.9 Å². The maximum absolute atomic E-state index is 12.8. The molecular formula is C17H17ClN2O4S. The molecule has 3 N–H and O–H groups in total. The Kier molecular flexibility index (Phi) is 5.81. The Morgan fingerprint density at radius 1 is 1.20 bits per heavy atom. The number of carbonyl (C=O) groups is 3. The predicted octanol–water partition coefficient (Wildman–Crippen LogP) is 3.67. The first-order valence-corrected chi connectivity index (χ1v) is 8.57. The van der Waals surface area contributed by atoms with Crippen molar-refractivity contribution < 1.29 is 19.1 Å². The highest BCUT2D eigenvalue weighted by atomic mass is 35.5. The number of carbonyl (C=O) groups excluding carboxylic acids is 3. The Morgan fingerprint density at radius 3 is 2.36 bits per heavy atom. The monoisotopic (exact) mass is 380 g/mol. The van der Waals surface area contributed by atoms with Crippen LogP contribution >= 0.6 is 22.9 Å². The Morgan fingerprint density at radius 2 is 1.80 bits per heavy atom. The number of hydrogen-bond acceptors (Lipinski definition) is 5. The quantitative estimate of drug-likeness (QED) is 0.773. The minimum Gasteiger partial charge on any atom is -0.437 e. The van der Waals surface area contributed by atoms with E-state index in [2.05, 4.69) is 10.1 Å². The highest BCUT2D eigenvalue weighted by Gasteiger charge is 2.24. The van der Waals surface area contributed by atoms with Gasteiger partial charge in [0.2, 0.25) is 0 Å². The minimum atomic E-state index is -1.07. The minimum absolute atomic E-state index is 0.225. The number of halogens is 1. The number of thiophene rings is 1. The number of benzene rings is 1. The van der Waals surface area contributed by atoms with Crippen LogP contribution in [-0.4, -0.2) is 23.9 Å². The van der Waals surface area contributed by atoms with E-state index in [4.69, 9.17) is 17.3 Å². The molecule has 2 amide bonds. The molecule has 1 aromatic carbocycles. The van der Waals surface area contributed by atoms with Crippen LogP contribution < -0.4 is 11.1 Å². The molecule has 0 fully saturated rings. The molecule has 0 aliphatic heterocycles. The van der Waals surface area contributed by atoms with E-state index >= 15 is 0 Å². The lowest BCUT2D eigenvalue weighted by Crippen LogP contribution is -2.32. The maximum atomic E-state index is 12.8. The summed E-state index contributed by atoms with van der Waals surface area (Å²) < 4.78 is 4.65. The van der Waals surface area contributed by atoms with Gasteiger partial charge in [0, 0.05) is 15.5 Å². The number of ketones is 1. The van der Waals surface area contributed by atoms with E-state index in [-0.39, 0.29) is 5.78 Å². The standard InChI is InChI=1S/C17H17ClN2O4S/c1-8-10(3)25-16(20-15(22)9(2)24-17(19)23)13(8)14(21)11-4-6-12(18)7-5-11/h4-7,9H,1-3H3,(H2,19,23)(H,20,22)/t9-/m0/s1. The van der Waals surface area contributed by atoms with E-state index in [0.717, 1.165) is 10.4 Å². The van der Waals surface area contributed by atoms with Crippen LogP contribution in [0.5, 0.6) is 0 Å². The van der Waals surface area contributed by atoms with Crippen molar-refractivity contribution in [3.63, 3.8) is 0 Å². The van der Waals surface area contributed by atoms with Crippen molar-refractivity contribution >= 4 is 45.7 Å². The third-order valence-corrected chi connectivity index (χ3v) is 4.99. The Hall–Kier alpha value is -2.38. The number of ether oxygens (including phenoxy) is 1. The van der Waals surface area contributed by atoms with Gasteiger partial charge in [-0.05, 0) is 50.6 Å². The van der Waals surface area contributed by atoms with Gasteiger partial charge in [0.25, 0.3) is 5.91 Å². The first kappa shape index (κ1) is 19.0. The van der Waals surface area contributed by atoms with E-state index in [9.17, 15) is 14.4 Å². The van der Waals surface area contributed by atoms with Crippen LogP contribution in [-0.2, 0) is 9.53 Å². The van der Waals surface area contributed by atoms with Gasteiger partial charge in [-0.2, -0.15) is 0 Å². The van der Waals surface area contributed by atoms with Crippen LogP contribution in [0, 0.1) is 13.8 Å². The molecule has 8 heteroatoms. The molecule has 1 heterocycles. The van der Waals surface area contributed by atoms with Gasteiger partial charge in [-0.25, -0.2) is 4.79 Å². The predicted molar refractivity (Wildman–Crippen MR) is 97.4 cm³/mol. The van der Waals surface area contributed by atoms with Crippen LogP contribution in [0.3, 0.4) is 0 Å². The molecule has 2 aromatic rings. The van der Waals surface area contributed by atoms with Crippen LogP contribution in [0.25, 0.3) is 0 Å². The number of nitrogens with two attached hydrogens (primary N) is 1. The van der Waals surface area contributed by atoms with Gasteiger partial charge in [-0.3, -0.25) is 9.59 Å². The summed E-state index contributed by atoms with van der Waals surface area (Å²) in [7, 11) is 0. The average molecular weight is 381 g/mol. The van der Waals surface area contributed by atoms with E-state index in [1.165, 1.54) is 18.3 Å². The molecular weight excluding hydrogens is 364 g/mol. The number of amides is 2. The van der Waals surface area contributed by atoms with Gasteiger partial charge in [0.05, 0.1) is 5.56 Å². The van der Waals surface area contributed by atoms with E-state index in [1.807, 2.05) is 13.8 Å². The van der Waals surface area contributed by atoms with Crippen molar-refractivity contribution in [2.75, 3.05) is 5.32 Å². The second-order valence-corrected chi connectivity index (χ2v) is 7.05. The first-order valence-electron chi connectivity index (χ1n) is 7.38.